The Kier molecular flexibility index (Phi) is 5.60. The van der Waals surface area contributed by atoms with Gasteiger partial charge >= 0.3 is 0 Å². The molecule has 118 valence electrons. The average Bonchev–Trinajstić information content (AvgIpc) is 2.54. The fraction of sp³-hybridized carbons (Fsp3) is 0.294. The predicted octanol–water partition coefficient (Wildman–Crippen LogP) is 3.17. The summed E-state index contributed by atoms with van der Waals surface area (Å²) in [5.74, 6) is 0.0904. The summed E-state index contributed by atoms with van der Waals surface area (Å²) in [6.07, 6.45) is 1.41. The van der Waals surface area contributed by atoms with Gasteiger partial charge in [0.1, 0.15) is 5.49 Å². The second kappa shape index (κ2) is 7.26. The number of sulfone groups is 1. The van der Waals surface area contributed by atoms with E-state index in [0.29, 0.717) is 17.0 Å². The third-order valence-electron chi connectivity index (χ3n) is 3.53. The molecule has 0 saturated carbocycles. The molecule has 0 bridgehead atoms. The molecule has 0 atom stereocenters. The molecule has 0 unspecified atom stereocenters. The van der Waals surface area contributed by atoms with Gasteiger partial charge in [0.05, 0.1) is 5.75 Å². The minimum atomic E-state index is -3.36. The Bertz CT molecular complexity index is 696. The van der Waals surface area contributed by atoms with E-state index in [-0.39, 0.29) is 11.2 Å². The first-order valence-corrected chi connectivity index (χ1v) is 11.1. The largest absolute Gasteiger partial charge is 0.313 e. The molecule has 3 nitrogen and oxygen atoms in total. The van der Waals surface area contributed by atoms with Gasteiger partial charge in [0.2, 0.25) is 0 Å². The van der Waals surface area contributed by atoms with Crippen LogP contribution in [-0.4, -0.2) is 19.7 Å². The van der Waals surface area contributed by atoms with Crippen LogP contribution in [0.2, 0.25) is 0 Å². The normalized spacial score (nSPS) is 12.2. The van der Waals surface area contributed by atoms with Gasteiger partial charge in [-0.05, 0) is 6.42 Å². The number of unbranched alkanes of at least 4 members (excludes halogenated alkanes) is 1. The number of hydrogen-bond donors (Lipinski definition) is 0. The Labute approximate surface area is 132 Å². The van der Waals surface area contributed by atoms with Crippen molar-refractivity contribution in [1.29, 1.82) is 0 Å². The van der Waals surface area contributed by atoms with Gasteiger partial charge in [0.15, 0.2) is 17.0 Å². The standard InChI is InChI=1S/C17H21O3PS/c1-2-3-14-22(19,20)15-21(18,16-10-6-4-7-11-16)17-12-8-5-9-13-17/h4-13H,2-3,14-15H2,1H3. The SMILES string of the molecule is CCCCS(=O)(=O)CP(=O)(c1ccccc1)c1ccccc1. The van der Waals surface area contributed by atoms with Crippen LogP contribution in [0.4, 0.5) is 0 Å². The highest BCUT2D eigenvalue weighted by Gasteiger charge is 2.32. The van der Waals surface area contributed by atoms with Gasteiger partial charge in [-0.15, -0.1) is 0 Å². The maximum Gasteiger partial charge on any atom is 0.157 e. The Morgan fingerprint density at radius 1 is 0.864 bits per heavy atom. The molecule has 0 spiro atoms. The predicted molar refractivity (Wildman–Crippen MR) is 93.3 cm³/mol. The smallest absolute Gasteiger partial charge is 0.157 e. The van der Waals surface area contributed by atoms with Gasteiger partial charge in [-0.1, -0.05) is 74.0 Å². The number of benzene rings is 2. The molecule has 5 heteroatoms. The molecule has 0 aliphatic heterocycles. The summed E-state index contributed by atoms with van der Waals surface area (Å²) in [6, 6.07) is 17.9. The quantitative estimate of drug-likeness (QED) is 0.730. The summed E-state index contributed by atoms with van der Waals surface area (Å²) in [5, 5.41) is 1.20. The molecule has 0 amide bonds. The summed E-state index contributed by atoms with van der Waals surface area (Å²) in [4.78, 5) is 0. The van der Waals surface area contributed by atoms with E-state index < -0.39 is 17.0 Å². The summed E-state index contributed by atoms with van der Waals surface area (Å²) < 4.78 is 38.4. The van der Waals surface area contributed by atoms with Crippen LogP contribution < -0.4 is 10.6 Å². The molecule has 0 aliphatic carbocycles. The molecule has 2 aromatic carbocycles. The van der Waals surface area contributed by atoms with Gasteiger partial charge in [0, 0.05) is 10.6 Å². The van der Waals surface area contributed by atoms with Gasteiger partial charge in [0.25, 0.3) is 0 Å². The van der Waals surface area contributed by atoms with Crippen molar-refractivity contribution < 1.29 is 13.0 Å². The number of rotatable bonds is 7. The second-order valence-electron chi connectivity index (χ2n) is 5.34. The Morgan fingerprint density at radius 3 is 1.73 bits per heavy atom. The molecule has 0 aromatic heterocycles. The maximum absolute atomic E-state index is 13.6. The van der Waals surface area contributed by atoms with Crippen molar-refractivity contribution in [3.05, 3.63) is 60.7 Å². The van der Waals surface area contributed by atoms with E-state index in [0.717, 1.165) is 6.42 Å². The van der Waals surface area contributed by atoms with E-state index in [9.17, 15) is 13.0 Å². The molecule has 0 aliphatic rings. The summed E-state index contributed by atoms with van der Waals surface area (Å²) in [5.41, 5.74) is -0.298. The van der Waals surface area contributed by atoms with Crippen LogP contribution in [0.5, 0.6) is 0 Å². The van der Waals surface area contributed by atoms with Crippen LogP contribution in [0.25, 0.3) is 0 Å². The molecule has 0 heterocycles. The van der Waals surface area contributed by atoms with Crippen molar-refractivity contribution in [3.63, 3.8) is 0 Å². The zero-order valence-corrected chi connectivity index (χ0v) is 14.4. The summed E-state index contributed by atoms with van der Waals surface area (Å²) in [6.45, 7) is 1.95. The van der Waals surface area contributed by atoms with Crippen LogP contribution >= 0.6 is 7.14 Å². The van der Waals surface area contributed by atoms with Crippen LogP contribution in [0.15, 0.2) is 60.7 Å². The molecule has 0 radical (unpaired) electrons. The van der Waals surface area contributed by atoms with Crippen molar-refractivity contribution in [2.75, 3.05) is 11.2 Å². The van der Waals surface area contributed by atoms with E-state index in [4.69, 9.17) is 0 Å². The minimum absolute atomic E-state index is 0.0904. The molecule has 0 fully saturated rings. The lowest BCUT2D eigenvalue weighted by molar-refractivity contribution is 0.583. The van der Waals surface area contributed by atoms with E-state index in [1.807, 2.05) is 19.1 Å². The first kappa shape index (κ1) is 17.0. The lowest BCUT2D eigenvalue weighted by Gasteiger charge is -2.19. The average molecular weight is 336 g/mol. The third kappa shape index (κ3) is 4.08. The van der Waals surface area contributed by atoms with Crippen LogP contribution in [-0.2, 0) is 14.4 Å². The van der Waals surface area contributed by atoms with E-state index in [2.05, 4.69) is 0 Å². The molecular formula is C17H21O3PS. The highest BCUT2D eigenvalue weighted by Crippen LogP contribution is 2.44. The Morgan fingerprint density at radius 2 is 1.32 bits per heavy atom. The van der Waals surface area contributed by atoms with E-state index in [1.54, 1.807) is 48.5 Å². The zero-order valence-electron chi connectivity index (χ0n) is 12.7. The Hall–Kier alpha value is -1.38. The van der Waals surface area contributed by atoms with E-state index in [1.165, 1.54) is 0 Å². The molecule has 0 saturated heterocycles. The van der Waals surface area contributed by atoms with Crippen LogP contribution in [0, 0.1) is 0 Å². The van der Waals surface area contributed by atoms with Crippen molar-refractivity contribution in [2.24, 2.45) is 0 Å². The summed E-state index contributed by atoms with van der Waals surface area (Å²) >= 11 is 0. The van der Waals surface area contributed by atoms with Crippen molar-refractivity contribution in [3.8, 4) is 0 Å². The van der Waals surface area contributed by atoms with Gasteiger partial charge in [-0.2, -0.15) is 0 Å². The topological polar surface area (TPSA) is 51.2 Å². The maximum atomic E-state index is 13.6. The lowest BCUT2D eigenvalue weighted by atomic mass is 10.4. The summed E-state index contributed by atoms with van der Waals surface area (Å²) in [7, 11) is -6.53. The molecule has 22 heavy (non-hydrogen) atoms. The Balaban J connectivity index is 2.46. The van der Waals surface area contributed by atoms with E-state index >= 15 is 0 Å². The zero-order chi connectivity index (χ0) is 16.1. The van der Waals surface area contributed by atoms with Gasteiger partial charge in [-0.25, -0.2) is 8.42 Å². The molecule has 2 aromatic rings. The molecular weight excluding hydrogens is 315 g/mol. The first-order valence-electron chi connectivity index (χ1n) is 7.39. The monoisotopic (exact) mass is 336 g/mol. The number of hydrogen-bond acceptors (Lipinski definition) is 3. The van der Waals surface area contributed by atoms with Crippen LogP contribution in [0.3, 0.4) is 0 Å². The fourth-order valence-electron chi connectivity index (χ4n) is 2.34. The molecule has 0 N–H and O–H groups in total. The van der Waals surface area contributed by atoms with Crippen molar-refractivity contribution >= 4 is 27.6 Å². The van der Waals surface area contributed by atoms with Gasteiger partial charge in [-0.3, -0.25) is 0 Å². The minimum Gasteiger partial charge on any atom is -0.313 e. The van der Waals surface area contributed by atoms with Gasteiger partial charge < -0.3 is 4.57 Å². The second-order valence-corrected chi connectivity index (χ2v) is 10.8. The highest BCUT2D eigenvalue weighted by atomic mass is 32.2. The third-order valence-corrected chi connectivity index (χ3v) is 9.74. The highest BCUT2D eigenvalue weighted by molar-refractivity contribution is 8.02. The van der Waals surface area contributed by atoms with Crippen LogP contribution in [0.1, 0.15) is 19.8 Å². The molecule has 2 rings (SSSR count). The first-order chi connectivity index (χ1) is 10.5. The van der Waals surface area contributed by atoms with Crippen molar-refractivity contribution in [2.45, 2.75) is 19.8 Å². The van der Waals surface area contributed by atoms with Crippen molar-refractivity contribution in [1.82, 2.24) is 0 Å². The fourth-order valence-corrected chi connectivity index (χ4v) is 8.60. The lowest BCUT2D eigenvalue weighted by Crippen LogP contribution is -2.24.